The number of alkyl halides is 3. The number of nitrogens with zero attached hydrogens (tertiary/aromatic N) is 1. The Kier molecular flexibility index (Phi) is 7.88. The van der Waals surface area contributed by atoms with E-state index in [-0.39, 0.29) is 12.5 Å². The molecule has 1 amide bonds. The monoisotopic (exact) mass is 408 g/mol. The zero-order valence-electron chi connectivity index (χ0n) is 16.1. The molecule has 0 unspecified atom stereocenters. The Morgan fingerprint density at radius 2 is 1.86 bits per heavy atom. The third kappa shape index (κ3) is 7.73. The molecule has 2 aromatic rings. The van der Waals surface area contributed by atoms with Gasteiger partial charge in [0.1, 0.15) is 12.4 Å². The van der Waals surface area contributed by atoms with Crippen LogP contribution in [0.25, 0.3) is 0 Å². The van der Waals surface area contributed by atoms with E-state index in [0.717, 1.165) is 12.1 Å². The van der Waals surface area contributed by atoms with Crippen LogP contribution in [0, 0.1) is 0 Å². The van der Waals surface area contributed by atoms with Gasteiger partial charge in [-0.2, -0.15) is 13.2 Å². The van der Waals surface area contributed by atoms with E-state index in [2.05, 4.69) is 20.9 Å². The highest BCUT2D eigenvalue weighted by Gasteiger charge is 2.30. The Labute approximate surface area is 167 Å². The number of anilines is 1. The second kappa shape index (κ2) is 10.4. The molecule has 0 heterocycles. The van der Waals surface area contributed by atoms with Crippen LogP contribution in [0.2, 0.25) is 0 Å². The molecule has 0 aromatic heterocycles. The Hall–Kier alpha value is -3.23. The molecule has 2 rings (SSSR count). The van der Waals surface area contributed by atoms with Crippen molar-refractivity contribution in [3.8, 4) is 5.75 Å². The number of carbonyl (C=O) groups excluding carboxylic acids is 1. The summed E-state index contributed by atoms with van der Waals surface area (Å²) >= 11 is 0. The summed E-state index contributed by atoms with van der Waals surface area (Å²) in [6, 6.07) is 12.1. The summed E-state index contributed by atoms with van der Waals surface area (Å²) in [4.78, 5) is 15.1. The lowest BCUT2D eigenvalue weighted by atomic mass is 10.1. The molecule has 0 spiro atoms. The second-order valence-corrected chi connectivity index (χ2v) is 6.11. The van der Waals surface area contributed by atoms with Crippen LogP contribution >= 0.6 is 0 Å². The largest absolute Gasteiger partial charge is 0.492 e. The fraction of sp³-hybridized carbons (Fsp3) is 0.300. The van der Waals surface area contributed by atoms with E-state index in [9.17, 15) is 18.0 Å². The maximum Gasteiger partial charge on any atom is 0.416 e. The number of benzene rings is 2. The average Bonchev–Trinajstić information content (AvgIpc) is 2.67. The minimum Gasteiger partial charge on any atom is -0.492 e. The van der Waals surface area contributed by atoms with Gasteiger partial charge in [0.05, 0.1) is 12.1 Å². The number of aliphatic imine (C=N–C) groups is 1. The van der Waals surface area contributed by atoms with Crippen LogP contribution in [0.4, 0.5) is 18.9 Å². The summed E-state index contributed by atoms with van der Waals surface area (Å²) in [7, 11) is 1.57. The van der Waals surface area contributed by atoms with Crippen LogP contribution in [0.5, 0.6) is 5.75 Å². The lowest BCUT2D eigenvalue weighted by Gasteiger charge is -2.14. The molecule has 6 nitrogen and oxygen atoms in total. The topological polar surface area (TPSA) is 74.8 Å². The number of guanidine groups is 1. The lowest BCUT2D eigenvalue weighted by molar-refractivity contribution is -0.137. The van der Waals surface area contributed by atoms with Gasteiger partial charge in [0.2, 0.25) is 5.91 Å². The van der Waals surface area contributed by atoms with Gasteiger partial charge < -0.3 is 20.7 Å². The van der Waals surface area contributed by atoms with Crippen molar-refractivity contribution in [1.82, 2.24) is 10.6 Å². The molecular formula is C20H23F3N4O2. The van der Waals surface area contributed by atoms with Crippen molar-refractivity contribution in [2.75, 3.05) is 25.5 Å². The lowest BCUT2D eigenvalue weighted by Crippen LogP contribution is -2.38. The summed E-state index contributed by atoms with van der Waals surface area (Å²) in [5.41, 5.74) is 0.449. The number of nitrogens with one attached hydrogen (secondary N) is 3. The zero-order chi connectivity index (χ0) is 21.3. The maximum atomic E-state index is 12.8. The molecule has 2 aromatic carbocycles. The minimum absolute atomic E-state index is 0.167. The van der Waals surface area contributed by atoms with Crippen LogP contribution in [0.1, 0.15) is 18.1 Å². The molecule has 0 aliphatic rings. The smallest absolute Gasteiger partial charge is 0.416 e. The molecule has 0 aliphatic heterocycles. The fourth-order valence-electron chi connectivity index (χ4n) is 2.47. The van der Waals surface area contributed by atoms with Gasteiger partial charge in [-0.05, 0) is 29.8 Å². The first-order valence-corrected chi connectivity index (χ1v) is 8.89. The minimum atomic E-state index is -4.37. The molecule has 156 valence electrons. The predicted molar refractivity (Wildman–Crippen MR) is 106 cm³/mol. The fourth-order valence-corrected chi connectivity index (χ4v) is 2.47. The van der Waals surface area contributed by atoms with Gasteiger partial charge in [0, 0.05) is 32.3 Å². The molecule has 29 heavy (non-hydrogen) atoms. The molecule has 0 bridgehead atoms. The van der Waals surface area contributed by atoms with E-state index in [1.54, 1.807) is 37.4 Å². The van der Waals surface area contributed by atoms with Crippen LogP contribution in [-0.2, 0) is 17.5 Å². The Balaban J connectivity index is 1.78. The number of amides is 1. The summed E-state index contributed by atoms with van der Waals surface area (Å²) < 4.78 is 43.9. The highest BCUT2D eigenvalue weighted by atomic mass is 19.4. The number of halogens is 3. The molecule has 3 N–H and O–H groups in total. The van der Waals surface area contributed by atoms with E-state index in [1.807, 2.05) is 0 Å². The molecular weight excluding hydrogens is 385 g/mol. The highest BCUT2D eigenvalue weighted by molar-refractivity contribution is 5.88. The normalized spacial score (nSPS) is 11.7. The number of hydrogen-bond donors (Lipinski definition) is 3. The van der Waals surface area contributed by atoms with Crippen LogP contribution in [-0.4, -0.2) is 32.1 Å². The Morgan fingerprint density at radius 3 is 2.55 bits per heavy atom. The van der Waals surface area contributed by atoms with Gasteiger partial charge in [-0.3, -0.25) is 9.79 Å². The number of carbonyl (C=O) groups is 1. The van der Waals surface area contributed by atoms with E-state index in [4.69, 9.17) is 4.74 Å². The Bertz CT molecular complexity index is 854. The molecule has 0 saturated carbocycles. The first-order chi connectivity index (χ1) is 13.8. The van der Waals surface area contributed by atoms with Crippen molar-refractivity contribution in [1.29, 1.82) is 0 Å². The molecule has 0 aliphatic carbocycles. The zero-order valence-corrected chi connectivity index (χ0v) is 16.1. The molecule has 9 heteroatoms. The van der Waals surface area contributed by atoms with Crippen molar-refractivity contribution in [2.24, 2.45) is 4.99 Å². The van der Waals surface area contributed by atoms with Crippen molar-refractivity contribution < 1.29 is 22.7 Å². The van der Waals surface area contributed by atoms with E-state index < -0.39 is 11.7 Å². The van der Waals surface area contributed by atoms with Crippen LogP contribution in [0.3, 0.4) is 0 Å². The number of ether oxygens (including phenoxy) is 1. The first-order valence-electron chi connectivity index (χ1n) is 8.89. The molecule has 0 radical (unpaired) electrons. The maximum absolute atomic E-state index is 12.8. The van der Waals surface area contributed by atoms with Crippen molar-refractivity contribution in [3.05, 3.63) is 59.7 Å². The van der Waals surface area contributed by atoms with Gasteiger partial charge >= 0.3 is 6.18 Å². The molecule has 0 saturated heterocycles. The van der Waals surface area contributed by atoms with Crippen molar-refractivity contribution >= 4 is 17.6 Å². The second-order valence-electron chi connectivity index (χ2n) is 6.11. The third-order valence-corrected chi connectivity index (χ3v) is 3.76. The summed E-state index contributed by atoms with van der Waals surface area (Å²) in [6.07, 6.45) is -4.37. The first kappa shape index (κ1) is 22.1. The predicted octanol–water partition coefficient (Wildman–Crippen LogP) is 3.41. The van der Waals surface area contributed by atoms with Gasteiger partial charge in [0.25, 0.3) is 0 Å². The van der Waals surface area contributed by atoms with Crippen molar-refractivity contribution in [2.45, 2.75) is 19.6 Å². The number of hydrogen-bond acceptors (Lipinski definition) is 3. The number of rotatable bonds is 7. The average molecular weight is 408 g/mol. The van der Waals surface area contributed by atoms with Gasteiger partial charge in [0.15, 0.2) is 5.96 Å². The van der Waals surface area contributed by atoms with Gasteiger partial charge in [-0.15, -0.1) is 0 Å². The highest BCUT2D eigenvalue weighted by Crippen LogP contribution is 2.29. The van der Waals surface area contributed by atoms with Crippen LogP contribution < -0.4 is 20.7 Å². The Morgan fingerprint density at radius 1 is 1.10 bits per heavy atom. The van der Waals surface area contributed by atoms with Crippen molar-refractivity contribution in [3.63, 3.8) is 0 Å². The SMILES string of the molecule is CN=C(NCCOc1cccc(NC(C)=O)c1)NCc1cccc(C(F)(F)F)c1. The van der Waals surface area contributed by atoms with Crippen LogP contribution in [0.15, 0.2) is 53.5 Å². The van der Waals surface area contributed by atoms with E-state index >= 15 is 0 Å². The summed E-state index contributed by atoms with van der Waals surface area (Å²) in [5.74, 6) is 0.877. The van der Waals surface area contributed by atoms with E-state index in [1.165, 1.54) is 13.0 Å². The van der Waals surface area contributed by atoms with E-state index in [0.29, 0.717) is 36.1 Å². The third-order valence-electron chi connectivity index (χ3n) is 3.76. The summed E-state index contributed by atoms with van der Waals surface area (Å²) in [6.45, 7) is 2.37. The quantitative estimate of drug-likeness (QED) is 0.373. The standard InChI is InChI=1S/C20H23F3N4O2/c1-14(28)27-17-7-4-8-18(12-17)29-10-9-25-19(24-2)26-13-15-5-3-6-16(11-15)20(21,22)23/h3-8,11-12H,9-10,13H2,1-2H3,(H,27,28)(H2,24,25,26). The summed E-state index contributed by atoms with van der Waals surface area (Å²) in [5, 5.41) is 8.66. The van der Waals surface area contributed by atoms with Gasteiger partial charge in [-0.1, -0.05) is 18.2 Å². The molecule has 0 fully saturated rings. The molecule has 0 atom stereocenters. The van der Waals surface area contributed by atoms with Gasteiger partial charge in [-0.25, -0.2) is 0 Å².